The van der Waals surface area contributed by atoms with Gasteiger partial charge < -0.3 is 10.4 Å². The second-order valence-electron chi connectivity index (χ2n) is 6.33. The van der Waals surface area contributed by atoms with Crippen LogP contribution in [0.3, 0.4) is 0 Å². The molecule has 1 aliphatic rings. The van der Waals surface area contributed by atoms with Gasteiger partial charge >= 0.3 is 5.97 Å². The van der Waals surface area contributed by atoms with Crippen LogP contribution in [0, 0.1) is 0 Å². The number of carboxylic acid groups (broad SMARTS) is 1. The van der Waals surface area contributed by atoms with Gasteiger partial charge in [0.2, 0.25) is 0 Å². The van der Waals surface area contributed by atoms with E-state index in [1.807, 2.05) is 6.92 Å². The highest BCUT2D eigenvalue weighted by Gasteiger charge is 2.33. The fourth-order valence-corrected chi connectivity index (χ4v) is 3.18. The highest BCUT2D eigenvalue weighted by Crippen LogP contribution is 2.26. The molecule has 0 amide bonds. The van der Waals surface area contributed by atoms with Crippen molar-refractivity contribution in [2.24, 2.45) is 0 Å². The molecule has 1 aliphatic carbocycles. The highest BCUT2D eigenvalue weighted by molar-refractivity contribution is 5.69. The standard InChI is InChI=1S/C18H28N2O2/c1-3-20(13-18(21)22)17-11-16(12-17)19-10-9-14(2)15-7-5-4-6-8-15/h4-8,14,16-17,19H,3,9-13H2,1-2H3,(H,21,22). The van der Waals surface area contributed by atoms with Crippen LogP contribution in [0.25, 0.3) is 0 Å². The lowest BCUT2D eigenvalue weighted by molar-refractivity contribution is -0.139. The van der Waals surface area contributed by atoms with Crippen molar-refractivity contribution in [1.29, 1.82) is 0 Å². The lowest BCUT2D eigenvalue weighted by atomic mass is 9.85. The van der Waals surface area contributed by atoms with Crippen LogP contribution in [0.4, 0.5) is 0 Å². The van der Waals surface area contributed by atoms with Crippen LogP contribution in [0.1, 0.15) is 44.6 Å². The lowest BCUT2D eigenvalue weighted by Gasteiger charge is -2.42. The van der Waals surface area contributed by atoms with E-state index >= 15 is 0 Å². The van der Waals surface area contributed by atoms with E-state index in [1.165, 1.54) is 5.56 Å². The third-order valence-corrected chi connectivity index (χ3v) is 4.75. The summed E-state index contributed by atoms with van der Waals surface area (Å²) in [6, 6.07) is 11.6. The Morgan fingerprint density at radius 3 is 2.64 bits per heavy atom. The van der Waals surface area contributed by atoms with E-state index in [4.69, 9.17) is 5.11 Å². The van der Waals surface area contributed by atoms with Crippen LogP contribution >= 0.6 is 0 Å². The molecule has 1 saturated carbocycles. The van der Waals surface area contributed by atoms with Crippen molar-refractivity contribution in [3.8, 4) is 0 Å². The summed E-state index contributed by atoms with van der Waals surface area (Å²) in [7, 11) is 0. The largest absolute Gasteiger partial charge is 0.480 e. The van der Waals surface area contributed by atoms with Crippen molar-refractivity contribution in [3.63, 3.8) is 0 Å². The first-order valence-corrected chi connectivity index (χ1v) is 8.34. The number of nitrogens with zero attached hydrogens (tertiary/aromatic N) is 1. The number of rotatable bonds is 9. The molecule has 1 aromatic carbocycles. The predicted octanol–water partition coefficient (Wildman–Crippen LogP) is 2.71. The molecule has 1 aromatic rings. The second kappa shape index (κ2) is 8.30. The van der Waals surface area contributed by atoms with Crippen LogP contribution in [-0.2, 0) is 4.79 Å². The van der Waals surface area contributed by atoms with Crippen LogP contribution in [0.15, 0.2) is 30.3 Å². The van der Waals surface area contributed by atoms with E-state index in [2.05, 4.69) is 47.5 Å². The van der Waals surface area contributed by atoms with Gasteiger partial charge in [-0.25, -0.2) is 0 Å². The Labute approximate surface area is 133 Å². The number of carboxylic acids is 1. The van der Waals surface area contributed by atoms with Gasteiger partial charge in [-0.15, -0.1) is 0 Å². The zero-order valence-corrected chi connectivity index (χ0v) is 13.7. The van der Waals surface area contributed by atoms with Crippen molar-refractivity contribution >= 4 is 5.97 Å². The first-order valence-electron chi connectivity index (χ1n) is 8.34. The van der Waals surface area contributed by atoms with E-state index in [0.717, 1.165) is 32.4 Å². The number of benzene rings is 1. The van der Waals surface area contributed by atoms with E-state index in [0.29, 0.717) is 18.0 Å². The summed E-state index contributed by atoms with van der Waals surface area (Å²) in [6.45, 7) is 6.31. The van der Waals surface area contributed by atoms with Gasteiger partial charge in [0.05, 0.1) is 6.54 Å². The lowest BCUT2D eigenvalue weighted by Crippen LogP contribution is -2.53. The summed E-state index contributed by atoms with van der Waals surface area (Å²) in [5.41, 5.74) is 1.40. The summed E-state index contributed by atoms with van der Waals surface area (Å²) in [5.74, 6) is -0.154. The molecular weight excluding hydrogens is 276 g/mol. The predicted molar refractivity (Wildman–Crippen MR) is 89.2 cm³/mol. The molecule has 0 aliphatic heterocycles. The molecule has 0 bridgehead atoms. The Bertz CT molecular complexity index is 457. The summed E-state index contributed by atoms with van der Waals surface area (Å²) in [5, 5.41) is 12.5. The number of hydrogen-bond donors (Lipinski definition) is 2. The first kappa shape index (κ1) is 17.0. The molecule has 0 aromatic heterocycles. The summed E-state index contributed by atoms with van der Waals surface area (Å²) < 4.78 is 0. The molecule has 0 heterocycles. The normalized spacial score (nSPS) is 22.3. The van der Waals surface area contributed by atoms with Crippen LogP contribution in [0.5, 0.6) is 0 Å². The minimum atomic E-state index is -0.727. The van der Waals surface area contributed by atoms with Gasteiger partial charge in [-0.2, -0.15) is 0 Å². The van der Waals surface area contributed by atoms with Crippen molar-refractivity contribution in [3.05, 3.63) is 35.9 Å². The molecule has 0 spiro atoms. The van der Waals surface area contributed by atoms with E-state index in [1.54, 1.807) is 0 Å². The Balaban J connectivity index is 1.63. The minimum absolute atomic E-state index is 0.166. The van der Waals surface area contributed by atoms with Gasteiger partial charge in [0.15, 0.2) is 0 Å². The Morgan fingerprint density at radius 2 is 2.05 bits per heavy atom. The van der Waals surface area contributed by atoms with Gasteiger partial charge in [-0.3, -0.25) is 9.69 Å². The Kier molecular flexibility index (Phi) is 6.40. The fourth-order valence-electron chi connectivity index (χ4n) is 3.18. The summed E-state index contributed by atoms with van der Waals surface area (Å²) in [6.07, 6.45) is 3.28. The molecule has 0 saturated heterocycles. The van der Waals surface area contributed by atoms with Gasteiger partial charge in [0.25, 0.3) is 0 Å². The topological polar surface area (TPSA) is 52.6 Å². The third kappa shape index (κ3) is 4.82. The average Bonchev–Trinajstić information content (AvgIpc) is 2.48. The quantitative estimate of drug-likeness (QED) is 0.736. The minimum Gasteiger partial charge on any atom is -0.480 e. The van der Waals surface area contributed by atoms with Crippen molar-refractivity contribution < 1.29 is 9.90 Å². The van der Waals surface area contributed by atoms with Crippen molar-refractivity contribution in [2.45, 2.75) is 51.1 Å². The maximum Gasteiger partial charge on any atom is 0.317 e. The molecule has 122 valence electrons. The third-order valence-electron chi connectivity index (χ3n) is 4.75. The zero-order chi connectivity index (χ0) is 15.9. The maximum absolute atomic E-state index is 10.8. The van der Waals surface area contributed by atoms with Gasteiger partial charge in [-0.1, -0.05) is 44.2 Å². The van der Waals surface area contributed by atoms with Crippen LogP contribution < -0.4 is 5.32 Å². The van der Waals surface area contributed by atoms with E-state index < -0.39 is 5.97 Å². The van der Waals surface area contributed by atoms with Gasteiger partial charge in [0, 0.05) is 12.1 Å². The molecule has 1 atom stereocenters. The second-order valence-corrected chi connectivity index (χ2v) is 6.33. The molecule has 1 fully saturated rings. The summed E-state index contributed by atoms with van der Waals surface area (Å²) in [4.78, 5) is 12.9. The van der Waals surface area contributed by atoms with Crippen LogP contribution in [0.2, 0.25) is 0 Å². The maximum atomic E-state index is 10.8. The summed E-state index contributed by atoms with van der Waals surface area (Å²) >= 11 is 0. The molecule has 2 N–H and O–H groups in total. The monoisotopic (exact) mass is 304 g/mol. The Hall–Kier alpha value is -1.39. The molecule has 4 heteroatoms. The van der Waals surface area contributed by atoms with Crippen molar-refractivity contribution in [1.82, 2.24) is 10.2 Å². The molecule has 0 radical (unpaired) electrons. The zero-order valence-electron chi connectivity index (χ0n) is 13.7. The van der Waals surface area contributed by atoms with Crippen molar-refractivity contribution in [2.75, 3.05) is 19.6 Å². The first-order chi connectivity index (χ1) is 10.6. The fraction of sp³-hybridized carbons (Fsp3) is 0.611. The molecule has 22 heavy (non-hydrogen) atoms. The van der Waals surface area contributed by atoms with Gasteiger partial charge in [0.1, 0.15) is 0 Å². The number of nitrogens with one attached hydrogen (secondary N) is 1. The van der Waals surface area contributed by atoms with E-state index in [9.17, 15) is 4.79 Å². The molecule has 2 rings (SSSR count). The number of carbonyl (C=O) groups is 1. The number of aliphatic carboxylic acids is 1. The molecule has 1 unspecified atom stereocenters. The molecule has 4 nitrogen and oxygen atoms in total. The molecular formula is C18H28N2O2. The Morgan fingerprint density at radius 1 is 1.36 bits per heavy atom. The van der Waals surface area contributed by atoms with E-state index in [-0.39, 0.29) is 6.54 Å². The average molecular weight is 304 g/mol. The number of likely N-dealkylation sites (N-methyl/N-ethyl adjacent to an activating group) is 1. The van der Waals surface area contributed by atoms with Crippen LogP contribution in [-0.4, -0.2) is 47.7 Å². The van der Waals surface area contributed by atoms with Gasteiger partial charge in [-0.05, 0) is 43.8 Å². The smallest absolute Gasteiger partial charge is 0.317 e. The number of hydrogen-bond acceptors (Lipinski definition) is 3. The highest BCUT2D eigenvalue weighted by atomic mass is 16.4. The SMILES string of the molecule is CCN(CC(=O)O)C1CC(NCCC(C)c2ccccc2)C1.